The van der Waals surface area contributed by atoms with Crippen LogP contribution in [0.3, 0.4) is 0 Å². The number of benzene rings is 3. The van der Waals surface area contributed by atoms with E-state index in [2.05, 4.69) is 10.4 Å². The molecule has 0 aliphatic rings. The molecule has 3 aromatic carbocycles. The van der Waals surface area contributed by atoms with E-state index in [4.69, 9.17) is 14.2 Å². The molecule has 1 aromatic heterocycles. The van der Waals surface area contributed by atoms with E-state index in [9.17, 15) is 9.18 Å². The lowest BCUT2D eigenvalue weighted by molar-refractivity contribution is -0.126. The molecule has 4 rings (SSSR count). The van der Waals surface area contributed by atoms with E-state index in [1.54, 1.807) is 30.1 Å². The van der Waals surface area contributed by atoms with E-state index in [1.807, 2.05) is 49.4 Å². The van der Waals surface area contributed by atoms with E-state index in [0.717, 1.165) is 22.2 Å². The van der Waals surface area contributed by atoms with Crippen molar-refractivity contribution < 1.29 is 23.4 Å². The van der Waals surface area contributed by atoms with Gasteiger partial charge in [0, 0.05) is 12.5 Å². The lowest BCUT2D eigenvalue weighted by atomic mass is 10.0. The molecule has 0 unspecified atom stereocenters. The van der Waals surface area contributed by atoms with Crippen molar-refractivity contribution in [2.24, 2.45) is 0 Å². The highest BCUT2D eigenvalue weighted by Gasteiger charge is 2.24. The van der Waals surface area contributed by atoms with E-state index < -0.39 is 6.10 Å². The molecule has 0 aliphatic heterocycles. The Kier molecular flexibility index (Phi) is 7.08. The molecule has 1 heterocycles. The summed E-state index contributed by atoms with van der Waals surface area (Å²) in [5.74, 6) is 0.776. The first-order chi connectivity index (χ1) is 16.5. The quantitative estimate of drug-likeness (QED) is 0.397. The smallest absolute Gasteiger partial charge is 0.246 e. The summed E-state index contributed by atoms with van der Waals surface area (Å²) >= 11 is 0. The van der Waals surface area contributed by atoms with Crippen molar-refractivity contribution in [3.05, 3.63) is 84.3 Å². The second-order valence-electron chi connectivity index (χ2n) is 7.86. The number of rotatable bonds is 9. The van der Waals surface area contributed by atoms with Crippen molar-refractivity contribution in [2.75, 3.05) is 20.8 Å². The number of nitrogens with one attached hydrogen (secondary N) is 1. The summed E-state index contributed by atoms with van der Waals surface area (Å²) in [4.78, 5) is 12.1. The maximum atomic E-state index is 13.3. The van der Waals surface area contributed by atoms with Gasteiger partial charge in [-0.05, 0) is 67.1 Å². The molecular formula is C26H26FN3O4. The molecule has 0 saturated carbocycles. The van der Waals surface area contributed by atoms with Gasteiger partial charge in [0.15, 0.2) is 0 Å². The number of halogens is 1. The Morgan fingerprint density at radius 3 is 2.59 bits per heavy atom. The summed E-state index contributed by atoms with van der Waals surface area (Å²) in [7, 11) is 3.08. The van der Waals surface area contributed by atoms with E-state index >= 15 is 0 Å². The molecule has 176 valence electrons. The van der Waals surface area contributed by atoms with E-state index in [0.29, 0.717) is 11.5 Å². The number of nitrogens with zero attached hydrogens (tertiary/aromatic N) is 2. The third-order valence-corrected chi connectivity index (χ3v) is 5.41. The molecule has 4 aromatic rings. The maximum Gasteiger partial charge on any atom is 0.246 e. The van der Waals surface area contributed by atoms with Crippen molar-refractivity contribution in [1.82, 2.24) is 15.1 Å². The first-order valence-electron chi connectivity index (χ1n) is 10.8. The highest BCUT2D eigenvalue weighted by atomic mass is 19.1. The van der Waals surface area contributed by atoms with Crippen LogP contribution in [0.25, 0.3) is 16.6 Å². The summed E-state index contributed by atoms with van der Waals surface area (Å²) in [6.07, 6.45) is 1.25. The Balaban J connectivity index is 1.64. The Morgan fingerprint density at radius 2 is 1.85 bits per heavy atom. The van der Waals surface area contributed by atoms with Gasteiger partial charge in [-0.1, -0.05) is 12.1 Å². The predicted molar refractivity (Wildman–Crippen MR) is 127 cm³/mol. The number of ether oxygens (including phenoxy) is 3. The fraction of sp³-hybridized carbons (Fsp3) is 0.231. The van der Waals surface area contributed by atoms with Crippen molar-refractivity contribution >= 4 is 16.8 Å². The Morgan fingerprint density at radius 1 is 1.06 bits per heavy atom. The van der Waals surface area contributed by atoms with Crippen LogP contribution >= 0.6 is 0 Å². The fourth-order valence-corrected chi connectivity index (χ4v) is 3.80. The van der Waals surface area contributed by atoms with Crippen LogP contribution in [0.1, 0.15) is 18.6 Å². The van der Waals surface area contributed by atoms with Crippen LogP contribution in [0.5, 0.6) is 11.5 Å². The zero-order valence-corrected chi connectivity index (χ0v) is 19.2. The van der Waals surface area contributed by atoms with E-state index in [1.165, 1.54) is 19.2 Å². The minimum atomic E-state index is -0.486. The van der Waals surface area contributed by atoms with Crippen LogP contribution in [-0.4, -0.2) is 42.6 Å². The van der Waals surface area contributed by atoms with Gasteiger partial charge >= 0.3 is 0 Å². The molecule has 7 nitrogen and oxygen atoms in total. The molecule has 0 aliphatic carbocycles. The van der Waals surface area contributed by atoms with Crippen LogP contribution in [0, 0.1) is 5.82 Å². The van der Waals surface area contributed by atoms with Crippen molar-refractivity contribution in [2.45, 2.75) is 19.1 Å². The van der Waals surface area contributed by atoms with Crippen molar-refractivity contribution in [3.8, 4) is 17.2 Å². The van der Waals surface area contributed by atoms with Gasteiger partial charge in [0.25, 0.3) is 0 Å². The zero-order chi connectivity index (χ0) is 24.1. The zero-order valence-electron chi connectivity index (χ0n) is 19.2. The van der Waals surface area contributed by atoms with Gasteiger partial charge in [-0.25, -0.2) is 9.07 Å². The maximum absolute atomic E-state index is 13.3. The number of methoxy groups -OCH3 is 2. The molecule has 1 amide bonds. The third kappa shape index (κ3) is 5.18. The minimum Gasteiger partial charge on any atom is -0.497 e. The average molecular weight is 464 g/mol. The SMILES string of the molecule is COCC(=O)N[C@@H](C)[C@@H](Oc1ccc2c(cnn2-c2ccc(F)cc2)c1)c1cccc(OC)c1. The first-order valence-corrected chi connectivity index (χ1v) is 10.8. The van der Waals surface area contributed by atoms with Crippen LogP contribution in [0.2, 0.25) is 0 Å². The van der Waals surface area contributed by atoms with E-state index in [-0.39, 0.29) is 24.4 Å². The molecule has 0 radical (unpaired) electrons. The fourth-order valence-electron chi connectivity index (χ4n) is 3.80. The number of amides is 1. The van der Waals surface area contributed by atoms with Crippen molar-refractivity contribution in [3.63, 3.8) is 0 Å². The Labute approximate surface area is 197 Å². The average Bonchev–Trinajstić information content (AvgIpc) is 3.26. The standard InChI is InChI=1S/C26H26FN3O4/c1-17(29-25(31)16-32-2)26(18-5-4-6-22(13-18)33-3)34-23-11-12-24-19(14-23)15-28-30(24)21-9-7-20(27)8-10-21/h4-15,17,26H,16H2,1-3H3,(H,29,31)/t17-,26+/m0/s1. The number of hydrogen-bond donors (Lipinski definition) is 1. The second-order valence-corrected chi connectivity index (χ2v) is 7.86. The number of hydrogen-bond acceptors (Lipinski definition) is 5. The van der Waals surface area contributed by atoms with Gasteiger partial charge in [0.2, 0.25) is 5.91 Å². The highest BCUT2D eigenvalue weighted by Crippen LogP contribution is 2.30. The number of carbonyl (C=O) groups excluding carboxylic acids is 1. The number of aromatic nitrogens is 2. The molecular weight excluding hydrogens is 437 g/mol. The van der Waals surface area contributed by atoms with Gasteiger partial charge in [-0.2, -0.15) is 5.10 Å². The van der Waals surface area contributed by atoms with Crippen molar-refractivity contribution in [1.29, 1.82) is 0 Å². The van der Waals surface area contributed by atoms with Gasteiger partial charge in [0.1, 0.15) is 30.0 Å². The van der Waals surface area contributed by atoms with Gasteiger partial charge in [-0.3, -0.25) is 4.79 Å². The summed E-state index contributed by atoms with van der Waals surface area (Å²) in [6.45, 7) is 1.84. The molecule has 0 bridgehead atoms. The molecule has 0 saturated heterocycles. The van der Waals surface area contributed by atoms with Crippen LogP contribution in [0.15, 0.2) is 72.9 Å². The topological polar surface area (TPSA) is 74.6 Å². The predicted octanol–water partition coefficient (Wildman–Crippen LogP) is 4.44. The summed E-state index contributed by atoms with van der Waals surface area (Å²) in [6, 6.07) is 19.0. The van der Waals surface area contributed by atoms with Crippen LogP contribution < -0.4 is 14.8 Å². The Hall–Kier alpha value is -3.91. The lowest BCUT2D eigenvalue weighted by Gasteiger charge is -2.27. The second kappa shape index (κ2) is 10.4. The third-order valence-electron chi connectivity index (χ3n) is 5.41. The largest absolute Gasteiger partial charge is 0.497 e. The molecule has 0 fully saturated rings. The molecule has 0 spiro atoms. The monoisotopic (exact) mass is 463 g/mol. The molecule has 8 heteroatoms. The normalized spacial score (nSPS) is 12.8. The molecule has 1 N–H and O–H groups in total. The molecule has 34 heavy (non-hydrogen) atoms. The van der Waals surface area contributed by atoms with Crippen LogP contribution in [0.4, 0.5) is 4.39 Å². The minimum absolute atomic E-state index is 0.0380. The van der Waals surface area contributed by atoms with Gasteiger partial charge < -0.3 is 19.5 Å². The van der Waals surface area contributed by atoms with Crippen LogP contribution in [-0.2, 0) is 9.53 Å². The summed E-state index contributed by atoms with van der Waals surface area (Å²) in [5.41, 5.74) is 2.47. The number of carbonyl (C=O) groups is 1. The lowest BCUT2D eigenvalue weighted by Crippen LogP contribution is -2.40. The highest BCUT2D eigenvalue weighted by molar-refractivity contribution is 5.82. The van der Waals surface area contributed by atoms with Gasteiger partial charge in [0.05, 0.1) is 30.6 Å². The first kappa shape index (κ1) is 23.3. The Bertz CT molecular complexity index is 1270. The van der Waals surface area contributed by atoms with Gasteiger partial charge in [-0.15, -0.1) is 0 Å². The summed E-state index contributed by atoms with van der Waals surface area (Å²) < 4.78 is 31.7. The number of fused-ring (bicyclic) bond motifs is 1. The summed E-state index contributed by atoms with van der Waals surface area (Å²) in [5, 5.41) is 8.23. The molecule has 2 atom stereocenters.